The zero-order valence-corrected chi connectivity index (χ0v) is 14.1. The Kier molecular flexibility index (Phi) is 7.41. The van der Waals surface area contributed by atoms with Gasteiger partial charge in [0.25, 0.3) is 0 Å². The van der Waals surface area contributed by atoms with Gasteiger partial charge in [-0.1, -0.05) is 0 Å². The summed E-state index contributed by atoms with van der Waals surface area (Å²) in [6.45, 7) is 2.06. The van der Waals surface area contributed by atoms with Crippen molar-refractivity contribution in [1.82, 2.24) is 0 Å². The van der Waals surface area contributed by atoms with Crippen molar-refractivity contribution in [2.75, 3.05) is 20.8 Å². The van der Waals surface area contributed by atoms with Crippen molar-refractivity contribution >= 4 is 25.4 Å². The molecule has 1 aromatic carbocycles. The monoisotopic (exact) mass is 357 g/mol. The summed E-state index contributed by atoms with van der Waals surface area (Å²) in [5, 5.41) is 9.26. The van der Waals surface area contributed by atoms with E-state index in [9.17, 15) is 10.1 Å². The van der Waals surface area contributed by atoms with E-state index in [-0.39, 0.29) is 27.3 Å². The van der Waals surface area contributed by atoms with E-state index in [4.69, 9.17) is 14.2 Å². The van der Waals surface area contributed by atoms with Crippen molar-refractivity contribution in [3.8, 4) is 6.07 Å². The second-order valence-electron chi connectivity index (χ2n) is 4.15. The molecule has 0 aromatic heterocycles. The Bertz CT molecular complexity index is 482. The molecule has 1 rings (SSSR count). The number of nitrogens with zero attached hydrogens (tertiary/aromatic N) is 1. The minimum atomic E-state index is -1.42. The Labute approximate surface area is 131 Å². The van der Waals surface area contributed by atoms with Gasteiger partial charge in [0.15, 0.2) is 0 Å². The van der Waals surface area contributed by atoms with Gasteiger partial charge >= 0.3 is 131 Å². The summed E-state index contributed by atoms with van der Waals surface area (Å²) in [7, 11) is 2.79. The predicted octanol–water partition coefficient (Wildman–Crippen LogP) is 1.27. The molecule has 0 bridgehead atoms. The second-order valence-corrected chi connectivity index (χ2v) is 6.83. The van der Waals surface area contributed by atoms with E-state index in [0.717, 1.165) is 4.46 Å². The van der Waals surface area contributed by atoms with Gasteiger partial charge in [0, 0.05) is 0 Å². The van der Waals surface area contributed by atoms with Crippen LogP contribution in [0.25, 0.3) is 0 Å². The van der Waals surface area contributed by atoms with E-state index < -0.39 is 10.6 Å². The number of rotatable bonds is 8. The number of hydrogen-bond donors (Lipinski definition) is 0. The van der Waals surface area contributed by atoms with E-state index >= 15 is 0 Å². The molecule has 0 aliphatic heterocycles. The molecule has 21 heavy (non-hydrogen) atoms. The van der Waals surface area contributed by atoms with Crippen molar-refractivity contribution in [1.29, 1.82) is 5.26 Å². The van der Waals surface area contributed by atoms with Gasteiger partial charge in [0.2, 0.25) is 0 Å². The molecule has 0 aliphatic rings. The van der Waals surface area contributed by atoms with Crippen LogP contribution in [0.15, 0.2) is 30.3 Å². The van der Waals surface area contributed by atoms with Gasteiger partial charge in [0.05, 0.1) is 0 Å². The third kappa shape index (κ3) is 5.14. The molecule has 0 fully saturated rings. The summed E-state index contributed by atoms with van der Waals surface area (Å²) in [6, 6.07) is 11.7. The summed E-state index contributed by atoms with van der Waals surface area (Å²) >= 11 is -0.174. The number of carbonyl (C=O) groups is 1. The number of carbonyl (C=O) groups excluding carboxylic acids is 1. The van der Waals surface area contributed by atoms with Crippen LogP contribution in [-0.2, 0) is 19.0 Å². The molecule has 0 radical (unpaired) electrons. The number of benzene rings is 1. The van der Waals surface area contributed by atoms with Crippen molar-refractivity contribution in [3.63, 3.8) is 0 Å². The summed E-state index contributed by atoms with van der Waals surface area (Å²) in [4.78, 5) is 11.7. The molecule has 0 aliphatic carbocycles. The quantitative estimate of drug-likeness (QED) is 0.399. The first-order valence-corrected chi connectivity index (χ1v) is 8.35. The molecule has 1 aromatic rings. The molecule has 0 heterocycles. The summed E-state index contributed by atoms with van der Waals surface area (Å²) in [5.74, 6) is -1.75. The van der Waals surface area contributed by atoms with E-state index in [1.54, 1.807) is 6.92 Å². The molecule has 0 amide bonds. The molecule has 0 saturated carbocycles. The molecule has 1 atom stereocenters. The van der Waals surface area contributed by atoms with E-state index in [0.29, 0.717) is 6.61 Å². The summed E-state index contributed by atoms with van der Waals surface area (Å²) in [6.07, 6.45) is 0.143. The van der Waals surface area contributed by atoms with Crippen molar-refractivity contribution < 1.29 is 19.0 Å². The van der Waals surface area contributed by atoms with Crippen LogP contribution in [0.2, 0.25) is 4.82 Å². The number of methoxy groups -OCH3 is 2. The van der Waals surface area contributed by atoms with Gasteiger partial charge in [-0.2, -0.15) is 0 Å². The fourth-order valence-electron chi connectivity index (χ4n) is 1.70. The van der Waals surface area contributed by atoms with Crippen LogP contribution in [0.1, 0.15) is 13.3 Å². The number of ether oxygens (including phenoxy) is 3. The fourth-order valence-corrected chi connectivity index (χ4v) is 4.03. The van der Waals surface area contributed by atoms with Crippen LogP contribution in [0, 0.1) is 11.3 Å². The third-order valence-electron chi connectivity index (χ3n) is 2.85. The molecule has 1 unspecified atom stereocenters. The number of esters is 1. The van der Waals surface area contributed by atoms with Gasteiger partial charge in [-0.25, -0.2) is 0 Å². The maximum atomic E-state index is 12.1. The van der Waals surface area contributed by atoms with Crippen LogP contribution in [-0.4, -0.2) is 47.5 Å². The first-order chi connectivity index (χ1) is 10.1. The van der Waals surface area contributed by atoms with E-state index in [2.05, 4.69) is 0 Å². The fraction of sp³-hybridized carbons (Fsp3) is 0.467. The summed E-state index contributed by atoms with van der Waals surface area (Å²) < 4.78 is 16.5. The van der Waals surface area contributed by atoms with E-state index in [1.807, 2.05) is 36.4 Å². The molecular formula is C15H19NO4Se. The van der Waals surface area contributed by atoms with Gasteiger partial charge in [0.1, 0.15) is 0 Å². The minimum absolute atomic E-state index is 0.143. The standard InChI is InChI=1S/C15H19NO4Se/c1-4-20-14(17)13(10-15(11-16,18-2)19-3)21-12-8-6-5-7-9-12/h5-9,13H,4,10H2,1-3H3. The zero-order valence-electron chi connectivity index (χ0n) is 12.4. The first-order valence-electron chi connectivity index (χ1n) is 6.50. The Hall–Kier alpha value is -1.38. The van der Waals surface area contributed by atoms with Gasteiger partial charge in [-0.3, -0.25) is 0 Å². The van der Waals surface area contributed by atoms with Crippen LogP contribution in [0.3, 0.4) is 0 Å². The van der Waals surface area contributed by atoms with Crippen molar-refractivity contribution in [2.45, 2.75) is 23.9 Å². The van der Waals surface area contributed by atoms with Crippen LogP contribution in [0.5, 0.6) is 0 Å². The van der Waals surface area contributed by atoms with Crippen molar-refractivity contribution in [3.05, 3.63) is 30.3 Å². The molecule has 114 valence electrons. The Morgan fingerprint density at radius 3 is 2.43 bits per heavy atom. The van der Waals surface area contributed by atoms with Crippen molar-refractivity contribution in [2.24, 2.45) is 0 Å². The summed E-state index contributed by atoms with van der Waals surface area (Å²) in [5.41, 5.74) is 0. The van der Waals surface area contributed by atoms with Gasteiger partial charge in [-0.05, 0) is 0 Å². The normalized spacial score (nSPS) is 12.5. The number of nitriles is 1. The molecule has 0 saturated heterocycles. The molecular weight excluding hydrogens is 337 g/mol. The predicted molar refractivity (Wildman–Crippen MR) is 79.2 cm³/mol. The molecule has 0 N–H and O–H groups in total. The molecule has 0 spiro atoms. The van der Waals surface area contributed by atoms with Crippen LogP contribution in [0.4, 0.5) is 0 Å². The van der Waals surface area contributed by atoms with Gasteiger partial charge in [-0.15, -0.1) is 0 Å². The maximum absolute atomic E-state index is 12.1. The van der Waals surface area contributed by atoms with Gasteiger partial charge < -0.3 is 0 Å². The second kappa shape index (κ2) is 8.81. The zero-order chi connectivity index (χ0) is 15.7. The van der Waals surface area contributed by atoms with Crippen LogP contribution < -0.4 is 4.46 Å². The third-order valence-corrected chi connectivity index (χ3v) is 5.35. The molecule has 5 nitrogen and oxygen atoms in total. The molecule has 6 heteroatoms. The van der Waals surface area contributed by atoms with Crippen LogP contribution >= 0.6 is 0 Å². The first kappa shape index (κ1) is 17.7. The Balaban J connectivity index is 2.92. The number of hydrogen-bond acceptors (Lipinski definition) is 5. The average molecular weight is 356 g/mol. The Morgan fingerprint density at radius 2 is 1.95 bits per heavy atom. The topological polar surface area (TPSA) is 68.6 Å². The Morgan fingerprint density at radius 1 is 1.33 bits per heavy atom. The SMILES string of the molecule is CCOC(=O)C(CC(C#N)(OC)OC)[Se]c1ccccc1. The van der Waals surface area contributed by atoms with E-state index in [1.165, 1.54) is 14.2 Å². The average Bonchev–Trinajstić information content (AvgIpc) is 2.53.